The van der Waals surface area contributed by atoms with Crippen molar-refractivity contribution in [2.24, 2.45) is 11.8 Å². The van der Waals surface area contributed by atoms with Crippen molar-refractivity contribution in [2.75, 3.05) is 20.2 Å². The van der Waals surface area contributed by atoms with Crippen LogP contribution in [0.15, 0.2) is 23.1 Å². The number of nitrogens with zero attached hydrogens (tertiary/aromatic N) is 1. The molecule has 0 radical (unpaired) electrons. The first-order valence-corrected chi connectivity index (χ1v) is 8.43. The lowest BCUT2D eigenvalue weighted by molar-refractivity contribution is 0.222. The number of benzene rings is 1. The summed E-state index contributed by atoms with van der Waals surface area (Å²) in [6, 6.07) is 5.27. The van der Waals surface area contributed by atoms with Crippen molar-refractivity contribution >= 4 is 10.0 Å². The van der Waals surface area contributed by atoms with E-state index >= 15 is 0 Å². The van der Waals surface area contributed by atoms with Gasteiger partial charge in [-0.3, -0.25) is 0 Å². The molecule has 4 nitrogen and oxygen atoms in total. The number of rotatable bonds is 3. The molecule has 1 fully saturated rings. The zero-order valence-electron chi connectivity index (χ0n) is 12.6. The summed E-state index contributed by atoms with van der Waals surface area (Å²) in [6.45, 7) is 7.27. The van der Waals surface area contributed by atoms with Crippen LogP contribution in [0.1, 0.15) is 25.8 Å². The Morgan fingerprint density at radius 2 is 1.80 bits per heavy atom. The van der Waals surface area contributed by atoms with Gasteiger partial charge in [-0.2, -0.15) is 4.31 Å². The Kier molecular flexibility index (Phi) is 4.39. The summed E-state index contributed by atoms with van der Waals surface area (Å²) in [5, 5.41) is 0. The predicted octanol–water partition coefficient (Wildman–Crippen LogP) is 2.67. The van der Waals surface area contributed by atoms with E-state index in [0.29, 0.717) is 30.7 Å². The average molecular weight is 297 g/mol. The second kappa shape index (κ2) is 5.74. The SMILES string of the molecule is COc1ccc(C)cc1S(=O)(=O)N1C[C@@H](C)C[C@H](C)C1. The van der Waals surface area contributed by atoms with Crippen molar-refractivity contribution in [1.82, 2.24) is 4.31 Å². The molecule has 1 aromatic carbocycles. The third kappa shape index (κ3) is 2.99. The fourth-order valence-corrected chi connectivity index (χ4v) is 4.85. The summed E-state index contributed by atoms with van der Waals surface area (Å²) in [6.07, 6.45) is 1.08. The minimum absolute atomic E-state index is 0.279. The molecule has 0 unspecified atom stereocenters. The van der Waals surface area contributed by atoms with Gasteiger partial charge >= 0.3 is 0 Å². The molecule has 112 valence electrons. The fraction of sp³-hybridized carbons (Fsp3) is 0.600. The molecule has 1 aromatic rings. The van der Waals surface area contributed by atoms with Gasteiger partial charge in [0, 0.05) is 13.1 Å². The standard InChI is InChI=1S/C15H23NO3S/c1-11-5-6-14(19-4)15(8-11)20(17,18)16-9-12(2)7-13(3)10-16/h5-6,8,12-13H,7,9-10H2,1-4H3/t12-,13-/m0/s1. The molecule has 2 rings (SSSR count). The molecule has 0 bridgehead atoms. The molecule has 1 aliphatic heterocycles. The monoisotopic (exact) mass is 297 g/mol. The van der Waals surface area contributed by atoms with E-state index < -0.39 is 10.0 Å². The second-order valence-corrected chi connectivity index (χ2v) is 7.83. The Labute approximate surface area is 121 Å². The van der Waals surface area contributed by atoms with Crippen LogP contribution in [0.2, 0.25) is 0 Å². The molecule has 1 heterocycles. The second-order valence-electron chi connectivity index (χ2n) is 5.92. The first-order chi connectivity index (χ1) is 9.34. The Balaban J connectivity index is 2.42. The van der Waals surface area contributed by atoms with Crippen molar-refractivity contribution in [3.8, 4) is 5.75 Å². The zero-order chi connectivity index (χ0) is 14.9. The van der Waals surface area contributed by atoms with Gasteiger partial charge < -0.3 is 4.74 Å². The van der Waals surface area contributed by atoms with Crippen LogP contribution in [0.5, 0.6) is 5.75 Å². The van der Waals surface area contributed by atoms with Gasteiger partial charge in [-0.25, -0.2) is 8.42 Å². The Morgan fingerprint density at radius 3 is 2.35 bits per heavy atom. The van der Waals surface area contributed by atoms with Crippen molar-refractivity contribution < 1.29 is 13.2 Å². The molecule has 1 saturated heterocycles. The van der Waals surface area contributed by atoms with Crippen molar-refractivity contribution in [2.45, 2.75) is 32.1 Å². The van der Waals surface area contributed by atoms with Crippen molar-refractivity contribution in [1.29, 1.82) is 0 Å². The van der Waals surface area contributed by atoms with E-state index in [1.54, 1.807) is 16.4 Å². The molecule has 5 heteroatoms. The van der Waals surface area contributed by atoms with E-state index in [0.717, 1.165) is 12.0 Å². The number of sulfonamides is 1. The van der Waals surface area contributed by atoms with E-state index in [1.807, 2.05) is 13.0 Å². The smallest absolute Gasteiger partial charge is 0.246 e. The molecule has 1 aliphatic rings. The highest BCUT2D eigenvalue weighted by Crippen LogP contribution is 2.31. The molecular formula is C15H23NO3S. The van der Waals surface area contributed by atoms with Crippen LogP contribution < -0.4 is 4.74 Å². The highest BCUT2D eigenvalue weighted by molar-refractivity contribution is 7.89. The molecule has 0 aromatic heterocycles. The summed E-state index contributed by atoms with van der Waals surface area (Å²) in [4.78, 5) is 0.279. The average Bonchev–Trinajstić information content (AvgIpc) is 2.37. The Hall–Kier alpha value is -1.07. The number of methoxy groups -OCH3 is 1. The number of aryl methyl sites for hydroxylation is 1. The number of hydrogen-bond acceptors (Lipinski definition) is 3. The molecular weight excluding hydrogens is 274 g/mol. The van der Waals surface area contributed by atoms with Crippen LogP contribution in [0.3, 0.4) is 0 Å². The minimum atomic E-state index is -3.48. The number of piperidine rings is 1. The lowest BCUT2D eigenvalue weighted by Crippen LogP contribution is -2.42. The van der Waals surface area contributed by atoms with E-state index in [-0.39, 0.29) is 4.90 Å². The van der Waals surface area contributed by atoms with Gasteiger partial charge in [0.05, 0.1) is 7.11 Å². The van der Waals surface area contributed by atoms with E-state index in [2.05, 4.69) is 13.8 Å². The first-order valence-electron chi connectivity index (χ1n) is 6.99. The lowest BCUT2D eigenvalue weighted by atomic mass is 9.94. The van der Waals surface area contributed by atoms with Crippen LogP contribution in [-0.2, 0) is 10.0 Å². The van der Waals surface area contributed by atoms with Crippen LogP contribution in [-0.4, -0.2) is 32.9 Å². The van der Waals surface area contributed by atoms with Crippen LogP contribution in [0, 0.1) is 18.8 Å². The largest absolute Gasteiger partial charge is 0.495 e. The molecule has 0 aliphatic carbocycles. The van der Waals surface area contributed by atoms with Gasteiger partial charge in [-0.15, -0.1) is 0 Å². The lowest BCUT2D eigenvalue weighted by Gasteiger charge is -2.34. The van der Waals surface area contributed by atoms with Gasteiger partial charge in [0.25, 0.3) is 0 Å². The third-order valence-corrected chi connectivity index (χ3v) is 5.63. The quantitative estimate of drug-likeness (QED) is 0.861. The molecule has 0 N–H and O–H groups in total. The fourth-order valence-electron chi connectivity index (χ4n) is 2.93. The summed E-state index contributed by atoms with van der Waals surface area (Å²) < 4.78 is 32.5. The first kappa shape index (κ1) is 15.3. The summed E-state index contributed by atoms with van der Waals surface area (Å²) in [7, 11) is -1.98. The Morgan fingerprint density at radius 1 is 1.20 bits per heavy atom. The maximum Gasteiger partial charge on any atom is 0.246 e. The van der Waals surface area contributed by atoms with Gasteiger partial charge in [-0.1, -0.05) is 19.9 Å². The zero-order valence-corrected chi connectivity index (χ0v) is 13.4. The van der Waals surface area contributed by atoms with Gasteiger partial charge in [0.15, 0.2) is 0 Å². The molecule has 2 atom stereocenters. The topological polar surface area (TPSA) is 46.6 Å². The van der Waals surface area contributed by atoms with Gasteiger partial charge in [-0.05, 0) is 42.9 Å². The van der Waals surface area contributed by atoms with Gasteiger partial charge in [0.2, 0.25) is 10.0 Å². The van der Waals surface area contributed by atoms with E-state index in [9.17, 15) is 8.42 Å². The van der Waals surface area contributed by atoms with Crippen molar-refractivity contribution in [3.63, 3.8) is 0 Å². The summed E-state index contributed by atoms with van der Waals surface area (Å²) >= 11 is 0. The normalized spacial score (nSPS) is 24.6. The predicted molar refractivity (Wildman–Crippen MR) is 79.4 cm³/mol. The highest BCUT2D eigenvalue weighted by Gasteiger charge is 2.33. The van der Waals surface area contributed by atoms with Crippen LogP contribution in [0.25, 0.3) is 0 Å². The van der Waals surface area contributed by atoms with E-state index in [1.165, 1.54) is 7.11 Å². The molecule has 20 heavy (non-hydrogen) atoms. The van der Waals surface area contributed by atoms with E-state index in [4.69, 9.17) is 4.74 Å². The maximum absolute atomic E-state index is 12.9. The van der Waals surface area contributed by atoms with Crippen LogP contribution >= 0.6 is 0 Å². The molecule has 0 spiro atoms. The highest BCUT2D eigenvalue weighted by atomic mass is 32.2. The molecule has 0 saturated carbocycles. The minimum Gasteiger partial charge on any atom is -0.495 e. The Bertz CT molecular complexity index is 573. The summed E-state index contributed by atoms with van der Waals surface area (Å²) in [5.74, 6) is 1.20. The maximum atomic E-state index is 12.9. The molecule has 0 amide bonds. The number of ether oxygens (including phenoxy) is 1. The number of hydrogen-bond donors (Lipinski definition) is 0. The van der Waals surface area contributed by atoms with Crippen molar-refractivity contribution in [3.05, 3.63) is 23.8 Å². The van der Waals surface area contributed by atoms with Gasteiger partial charge in [0.1, 0.15) is 10.6 Å². The third-order valence-electron chi connectivity index (χ3n) is 3.77. The van der Waals surface area contributed by atoms with Crippen LogP contribution in [0.4, 0.5) is 0 Å². The summed E-state index contributed by atoms with van der Waals surface area (Å²) in [5.41, 5.74) is 0.919.